The van der Waals surface area contributed by atoms with Gasteiger partial charge in [0.2, 0.25) is 0 Å². The third kappa shape index (κ3) is 1.41. The Balaban J connectivity index is 1.91. The molecule has 88 valence electrons. The van der Waals surface area contributed by atoms with Crippen molar-refractivity contribution in [2.45, 2.75) is 25.6 Å². The number of ether oxygens (including phenoxy) is 1. The number of imide groups is 1. The topological polar surface area (TPSA) is 49.9 Å². The van der Waals surface area contributed by atoms with E-state index in [0.717, 1.165) is 0 Å². The summed E-state index contributed by atoms with van der Waals surface area (Å²) in [6.45, 7) is 4.19. The van der Waals surface area contributed by atoms with Crippen molar-refractivity contribution < 1.29 is 14.3 Å². The van der Waals surface area contributed by atoms with Crippen LogP contribution in [-0.4, -0.2) is 35.0 Å². The number of nitrogens with zero attached hydrogens (tertiary/aromatic N) is 1. The third-order valence-corrected chi connectivity index (χ3v) is 3.60. The lowest BCUT2D eigenvalue weighted by Gasteiger charge is -2.16. The second-order valence-electron chi connectivity index (χ2n) is 4.81. The molecule has 4 nitrogen and oxygen atoms in total. The van der Waals surface area contributed by atoms with Crippen LogP contribution in [0, 0.1) is 0 Å². The molecular weight excluding hydrogens is 218 g/mol. The van der Waals surface area contributed by atoms with Gasteiger partial charge in [-0.05, 0) is 26.0 Å². The Hall–Kier alpha value is -1.68. The fourth-order valence-corrected chi connectivity index (χ4v) is 2.23. The summed E-state index contributed by atoms with van der Waals surface area (Å²) in [6, 6.07) is 6.92. The highest BCUT2D eigenvalue weighted by Crippen LogP contribution is 2.38. The predicted octanol–water partition coefficient (Wildman–Crippen LogP) is 1.46. The Bertz CT molecular complexity index is 490. The van der Waals surface area contributed by atoms with Gasteiger partial charge in [0.05, 0.1) is 23.8 Å². The van der Waals surface area contributed by atoms with Crippen LogP contribution in [0.4, 0.5) is 0 Å². The number of rotatable bonds is 2. The lowest BCUT2D eigenvalue weighted by Crippen LogP contribution is -2.38. The van der Waals surface area contributed by atoms with Crippen LogP contribution in [-0.2, 0) is 4.74 Å². The minimum atomic E-state index is -0.368. The van der Waals surface area contributed by atoms with E-state index in [9.17, 15) is 9.59 Å². The van der Waals surface area contributed by atoms with Crippen LogP contribution in [0.2, 0.25) is 0 Å². The van der Waals surface area contributed by atoms with E-state index in [1.54, 1.807) is 24.3 Å². The number of amides is 2. The molecule has 2 heterocycles. The van der Waals surface area contributed by atoms with Crippen LogP contribution >= 0.6 is 0 Å². The first-order valence-electron chi connectivity index (χ1n) is 5.66. The molecule has 0 N–H and O–H groups in total. The highest BCUT2D eigenvalue weighted by molar-refractivity contribution is 6.21. The summed E-state index contributed by atoms with van der Waals surface area (Å²) >= 11 is 0. The molecule has 3 rings (SSSR count). The molecule has 2 aliphatic rings. The van der Waals surface area contributed by atoms with Gasteiger partial charge >= 0.3 is 0 Å². The normalized spacial score (nSPS) is 30.7. The van der Waals surface area contributed by atoms with Crippen LogP contribution in [0.3, 0.4) is 0 Å². The van der Waals surface area contributed by atoms with Crippen molar-refractivity contribution >= 4 is 11.8 Å². The molecule has 0 aromatic heterocycles. The standard InChI is InChI=1S/C13H13NO3/c1-8-13(2,17-8)7-14-11(15)9-5-3-4-6-10(9)12(14)16/h3-6,8H,7H2,1-2H3. The maximum absolute atomic E-state index is 12.1. The summed E-state index contributed by atoms with van der Waals surface area (Å²) in [5, 5.41) is 0. The molecule has 2 atom stereocenters. The van der Waals surface area contributed by atoms with Crippen molar-refractivity contribution in [3.63, 3.8) is 0 Å². The minimum Gasteiger partial charge on any atom is -0.365 e. The monoisotopic (exact) mass is 231 g/mol. The van der Waals surface area contributed by atoms with Gasteiger partial charge < -0.3 is 4.74 Å². The fourth-order valence-electron chi connectivity index (χ4n) is 2.23. The Kier molecular flexibility index (Phi) is 1.95. The maximum atomic E-state index is 12.1. The van der Waals surface area contributed by atoms with Crippen molar-refractivity contribution in [3.8, 4) is 0 Å². The molecule has 1 fully saturated rings. The van der Waals surface area contributed by atoms with E-state index < -0.39 is 0 Å². The molecule has 1 aromatic rings. The molecule has 0 saturated carbocycles. The number of benzene rings is 1. The quantitative estimate of drug-likeness (QED) is 0.572. The number of carbonyl (C=O) groups excluding carboxylic acids is 2. The van der Waals surface area contributed by atoms with Gasteiger partial charge in [-0.25, -0.2) is 0 Å². The van der Waals surface area contributed by atoms with Crippen LogP contribution in [0.15, 0.2) is 24.3 Å². The Morgan fingerprint density at radius 1 is 1.24 bits per heavy atom. The minimum absolute atomic E-state index is 0.104. The number of hydrogen-bond acceptors (Lipinski definition) is 3. The van der Waals surface area contributed by atoms with Crippen LogP contribution < -0.4 is 0 Å². The summed E-state index contributed by atoms with van der Waals surface area (Å²) in [5.74, 6) is -0.427. The van der Waals surface area contributed by atoms with Crippen molar-refractivity contribution in [2.75, 3.05) is 6.54 Å². The zero-order valence-electron chi connectivity index (χ0n) is 9.77. The molecule has 0 aliphatic carbocycles. The molecule has 0 spiro atoms. The molecular formula is C13H13NO3. The molecule has 1 aromatic carbocycles. The number of carbonyl (C=O) groups is 2. The van der Waals surface area contributed by atoms with Gasteiger partial charge in [-0.15, -0.1) is 0 Å². The summed E-state index contributed by atoms with van der Waals surface area (Å²) < 4.78 is 5.42. The van der Waals surface area contributed by atoms with Crippen molar-refractivity contribution in [2.24, 2.45) is 0 Å². The Morgan fingerprint density at radius 2 is 1.71 bits per heavy atom. The van der Waals surface area contributed by atoms with Gasteiger partial charge in [0.1, 0.15) is 5.60 Å². The largest absolute Gasteiger partial charge is 0.365 e. The Morgan fingerprint density at radius 3 is 2.12 bits per heavy atom. The third-order valence-electron chi connectivity index (χ3n) is 3.60. The highest BCUT2D eigenvalue weighted by atomic mass is 16.6. The molecule has 4 heteroatoms. The number of epoxide rings is 1. The smallest absolute Gasteiger partial charge is 0.261 e. The zero-order chi connectivity index (χ0) is 12.2. The summed E-state index contributed by atoms with van der Waals surface area (Å²) in [6.07, 6.45) is 0.104. The fraction of sp³-hybridized carbons (Fsp3) is 0.385. The van der Waals surface area contributed by atoms with Gasteiger partial charge in [-0.2, -0.15) is 0 Å². The first-order valence-corrected chi connectivity index (χ1v) is 5.66. The van der Waals surface area contributed by atoms with Gasteiger partial charge in [0.15, 0.2) is 0 Å². The molecule has 0 radical (unpaired) electrons. The molecule has 0 bridgehead atoms. The first-order chi connectivity index (χ1) is 8.03. The summed E-state index contributed by atoms with van der Waals surface area (Å²) in [7, 11) is 0. The van der Waals surface area contributed by atoms with Gasteiger partial charge in [-0.3, -0.25) is 14.5 Å². The van der Waals surface area contributed by atoms with Gasteiger partial charge in [-0.1, -0.05) is 12.1 Å². The van der Waals surface area contributed by atoms with Crippen molar-refractivity contribution in [1.82, 2.24) is 4.90 Å². The Labute approximate surface area is 99.2 Å². The van der Waals surface area contributed by atoms with E-state index in [1.165, 1.54) is 4.90 Å². The van der Waals surface area contributed by atoms with E-state index in [-0.39, 0.29) is 23.5 Å². The highest BCUT2D eigenvalue weighted by Gasteiger charge is 2.52. The lowest BCUT2D eigenvalue weighted by molar-refractivity contribution is 0.0616. The van der Waals surface area contributed by atoms with Crippen LogP contribution in [0.25, 0.3) is 0 Å². The predicted molar refractivity (Wildman–Crippen MR) is 60.8 cm³/mol. The summed E-state index contributed by atoms with van der Waals surface area (Å²) in [5.41, 5.74) is 0.622. The van der Waals surface area contributed by atoms with E-state index in [0.29, 0.717) is 17.7 Å². The lowest BCUT2D eigenvalue weighted by atomic mass is 10.1. The van der Waals surface area contributed by atoms with Crippen LogP contribution in [0.1, 0.15) is 34.6 Å². The first kappa shape index (κ1) is 10.5. The van der Waals surface area contributed by atoms with E-state index in [2.05, 4.69) is 0 Å². The molecule has 2 unspecified atom stereocenters. The molecule has 2 aliphatic heterocycles. The van der Waals surface area contributed by atoms with Crippen molar-refractivity contribution in [1.29, 1.82) is 0 Å². The number of fused-ring (bicyclic) bond motifs is 1. The number of hydrogen-bond donors (Lipinski definition) is 0. The van der Waals surface area contributed by atoms with Crippen molar-refractivity contribution in [3.05, 3.63) is 35.4 Å². The van der Waals surface area contributed by atoms with E-state index in [4.69, 9.17) is 4.74 Å². The van der Waals surface area contributed by atoms with E-state index in [1.807, 2.05) is 13.8 Å². The SMILES string of the molecule is CC1OC1(C)CN1C(=O)c2ccccc2C1=O. The molecule has 2 amide bonds. The van der Waals surface area contributed by atoms with Gasteiger partial charge in [0.25, 0.3) is 11.8 Å². The average Bonchev–Trinajstić information content (AvgIpc) is 2.84. The van der Waals surface area contributed by atoms with E-state index >= 15 is 0 Å². The second kappa shape index (κ2) is 3.17. The molecule has 17 heavy (non-hydrogen) atoms. The summed E-state index contributed by atoms with van der Waals surface area (Å²) in [4.78, 5) is 25.4. The molecule has 1 saturated heterocycles. The maximum Gasteiger partial charge on any atom is 0.261 e. The van der Waals surface area contributed by atoms with Gasteiger partial charge in [0, 0.05) is 0 Å². The average molecular weight is 231 g/mol. The zero-order valence-corrected chi connectivity index (χ0v) is 9.77. The second-order valence-corrected chi connectivity index (χ2v) is 4.81. The van der Waals surface area contributed by atoms with Crippen LogP contribution in [0.5, 0.6) is 0 Å².